The van der Waals surface area contributed by atoms with Gasteiger partial charge in [0, 0.05) is 19.4 Å². The number of nitrogens with one attached hydrogen (secondary N) is 1. The molecule has 19 heavy (non-hydrogen) atoms. The average Bonchev–Trinajstić information content (AvgIpc) is 2.40. The van der Waals surface area contributed by atoms with Crippen molar-refractivity contribution in [2.45, 2.75) is 65.4 Å². The summed E-state index contributed by atoms with van der Waals surface area (Å²) in [5.41, 5.74) is 0. The standard InChI is InChI=1S/C12H23NO4.C2H6/c1-10(15)5-4-7-12(17)13-8-3-2-6-11(16)9-14;1-2/h11,14,16H,2-9H2,1H3,(H,13,17);1-2H3. The van der Waals surface area contributed by atoms with Gasteiger partial charge in [-0.3, -0.25) is 4.79 Å². The van der Waals surface area contributed by atoms with E-state index < -0.39 is 6.10 Å². The van der Waals surface area contributed by atoms with Gasteiger partial charge in [-0.15, -0.1) is 0 Å². The summed E-state index contributed by atoms with van der Waals surface area (Å²) in [6.45, 7) is 5.89. The molecule has 0 saturated carbocycles. The zero-order valence-electron chi connectivity index (χ0n) is 12.4. The predicted octanol–water partition coefficient (Wildman–Crippen LogP) is 1.41. The van der Waals surface area contributed by atoms with Crippen LogP contribution in [0.25, 0.3) is 0 Å². The lowest BCUT2D eigenvalue weighted by atomic mass is 10.1. The van der Waals surface area contributed by atoms with E-state index in [-0.39, 0.29) is 18.3 Å². The van der Waals surface area contributed by atoms with E-state index in [0.29, 0.717) is 32.2 Å². The first kappa shape index (κ1) is 20.4. The molecule has 0 aliphatic carbocycles. The molecule has 0 aromatic rings. The van der Waals surface area contributed by atoms with Crippen molar-refractivity contribution in [3.63, 3.8) is 0 Å². The normalized spacial score (nSPS) is 11.2. The molecule has 114 valence electrons. The minimum atomic E-state index is -0.652. The van der Waals surface area contributed by atoms with E-state index in [0.717, 1.165) is 12.8 Å². The Kier molecular flexibility index (Phi) is 16.2. The Morgan fingerprint density at radius 3 is 2.26 bits per heavy atom. The Morgan fingerprint density at radius 2 is 1.74 bits per heavy atom. The molecule has 1 amide bonds. The van der Waals surface area contributed by atoms with Crippen LogP contribution in [-0.2, 0) is 9.59 Å². The summed E-state index contributed by atoms with van der Waals surface area (Å²) in [5.74, 6) is 0.0738. The zero-order valence-corrected chi connectivity index (χ0v) is 12.4. The van der Waals surface area contributed by atoms with Crippen LogP contribution >= 0.6 is 0 Å². The second-order valence-corrected chi connectivity index (χ2v) is 4.24. The number of ketones is 1. The third-order valence-corrected chi connectivity index (χ3v) is 2.43. The lowest BCUT2D eigenvalue weighted by Crippen LogP contribution is -2.24. The first-order valence-corrected chi connectivity index (χ1v) is 7.11. The number of Topliss-reactive ketones (excluding diaryl/α,β-unsaturated/α-hetero) is 1. The highest BCUT2D eigenvalue weighted by atomic mass is 16.3. The van der Waals surface area contributed by atoms with Gasteiger partial charge in [-0.05, 0) is 32.6 Å². The highest BCUT2D eigenvalue weighted by Gasteiger charge is 2.03. The maximum Gasteiger partial charge on any atom is 0.220 e. The van der Waals surface area contributed by atoms with Crippen molar-refractivity contribution in [2.24, 2.45) is 0 Å². The van der Waals surface area contributed by atoms with Crippen LogP contribution in [0, 0.1) is 0 Å². The van der Waals surface area contributed by atoms with Crippen molar-refractivity contribution < 1.29 is 19.8 Å². The van der Waals surface area contributed by atoms with Gasteiger partial charge < -0.3 is 20.3 Å². The molecule has 0 aliphatic heterocycles. The van der Waals surface area contributed by atoms with Crippen LogP contribution in [0.4, 0.5) is 0 Å². The van der Waals surface area contributed by atoms with E-state index >= 15 is 0 Å². The van der Waals surface area contributed by atoms with Gasteiger partial charge in [0.05, 0.1) is 12.7 Å². The van der Waals surface area contributed by atoms with Gasteiger partial charge in [0.1, 0.15) is 5.78 Å². The summed E-state index contributed by atoms with van der Waals surface area (Å²) >= 11 is 0. The molecular weight excluding hydrogens is 246 g/mol. The summed E-state index contributed by atoms with van der Waals surface area (Å²) in [6.07, 6.45) is 2.90. The smallest absolute Gasteiger partial charge is 0.220 e. The number of aliphatic hydroxyl groups is 2. The third-order valence-electron chi connectivity index (χ3n) is 2.43. The van der Waals surface area contributed by atoms with E-state index in [1.165, 1.54) is 6.92 Å². The van der Waals surface area contributed by atoms with Crippen molar-refractivity contribution in [3.8, 4) is 0 Å². The van der Waals surface area contributed by atoms with Crippen LogP contribution in [0.5, 0.6) is 0 Å². The summed E-state index contributed by atoms with van der Waals surface area (Å²) in [7, 11) is 0. The molecule has 0 spiro atoms. The Hall–Kier alpha value is -0.940. The minimum Gasteiger partial charge on any atom is -0.394 e. The van der Waals surface area contributed by atoms with Gasteiger partial charge in [-0.1, -0.05) is 13.8 Å². The van der Waals surface area contributed by atoms with Crippen molar-refractivity contribution in [2.75, 3.05) is 13.2 Å². The molecule has 0 fully saturated rings. The van der Waals surface area contributed by atoms with Crippen molar-refractivity contribution in [1.82, 2.24) is 5.32 Å². The Morgan fingerprint density at radius 1 is 1.11 bits per heavy atom. The van der Waals surface area contributed by atoms with Crippen molar-refractivity contribution in [3.05, 3.63) is 0 Å². The molecule has 3 N–H and O–H groups in total. The number of carbonyl (C=O) groups excluding carboxylic acids is 2. The lowest BCUT2D eigenvalue weighted by Gasteiger charge is -2.07. The largest absolute Gasteiger partial charge is 0.394 e. The van der Waals surface area contributed by atoms with Gasteiger partial charge in [0.25, 0.3) is 0 Å². The molecular formula is C14H29NO4. The second kappa shape index (κ2) is 15.1. The molecule has 0 rings (SSSR count). The van der Waals surface area contributed by atoms with Crippen LogP contribution in [0.3, 0.4) is 0 Å². The third kappa shape index (κ3) is 17.1. The SMILES string of the molecule is CC.CC(=O)CCCC(=O)NCCCCC(O)CO. The van der Waals surface area contributed by atoms with Crippen LogP contribution in [0.2, 0.25) is 0 Å². The van der Waals surface area contributed by atoms with Crippen molar-refractivity contribution in [1.29, 1.82) is 0 Å². The van der Waals surface area contributed by atoms with Gasteiger partial charge in [0.2, 0.25) is 5.91 Å². The lowest BCUT2D eigenvalue weighted by molar-refractivity contribution is -0.121. The van der Waals surface area contributed by atoms with Gasteiger partial charge in [-0.25, -0.2) is 0 Å². The highest BCUT2D eigenvalue weighted by molar-refractivity contribution is 5.78. The number of hydrogen-bond acceptors (Lipinski definition) is 4. The quantitative estimate of drug-likeness (QED) is 0.526. The minimum absolute atomic E-state index is 0.0334. The fraction of sp³-hybridized carbons (Fsp3) is 0.857. The van der Waals surface area contributed by atoms with Crippen LogP contribution in [0.1, 0.15) is 59.3 Å². The molecule has 0 aliphatic rings. The molecule has 5 nitrogen and oxygen atoms in total. The fourth-order valence-corrected chi connectivity index (χ4v) is 1.41. The molecule has 0 bridgehead atoms. The van der Waals surface area contributed by atoms with Gasteiger partial charge in [-0.2, -0.15) is 0 Å². The molecule has 0 heterocycles. The highest BCUT2D eigenvalue weighted by Crippen LogP contribution is 2.00. The number of hydrogen-bond donors (Lipinski definition) is 3. The topological polar surface area (TPSA) is 86.6 Å². The van der Waals surface area contributed by atoms with Gasteiger partial charge >= 0.3 is 0 Å². The molecule has 5 heteroatoms. The molecule has 0 aromatic heterocycles. The van der Waals surface area contributed by atoms with E-state index in [2.05, 4.69) is 5.32 Å². The monoisotopic (exact) mass is 275 g/mol. The molecule has 0 aromatic carbocycles. The van der Waals surface area contributed by atoms with Crippen LogP contribution in [0.15, 0.2) is 0 Å². The predicted molar refractivity (Wildman–Crippen MR) is 75.8 cm³/mol. The van der Waals surface area contributed by atoms with Gasteiger partial charge in [0.15, 0.2) is 0 Å². The second-order valence-electron chi connectivity index (χ2n) is 4.24. The summed E-state index contributed by atoms with van der Waals surface area (Å²) in [6, 6.07) is 0. The molecule has 0 saturated heterocycles. The Bertz CT molecular complexity index is 231. The number of aliphatic hydroxyl groups excluding tert-OH is 2. The van der Waals surface area contributed by atoms with Crippen LogP contribution < -0.4 is 5.32 Å². The first-order valence-electron chi connectivity index (χ1n) is 7.11. The fourth-order valence-electron chi connectivity index (χ4n) is 1.41. The first-order chi connectivity index (χ1) is 9.06. The molecule has 1 atom stereocenters. The Labute approximate surface area is 116 Å². The number of amides is 1. The van der Waals surface area contributed by atoms with E-state index in [9.17, 15) is 9.59 Å². The maximum absolute atomic E-state index is 11.3. The Balaban J connectivity index is 0. The summed E-state index contributed by atoms with van der Waals surface area (Å²) < 4.78 is 0. The average molecular weight is 275 g/mol. The van der Waals surface area contributed by atoms with E-state index in [1.54, 1.807) is 0 Å². The molecule has 1 unspecified atom stereocenters. The van der Waals surface area contributed by atoms with Crippen molar-refractivity contribution >= 4 is 11.7 Å². The number of rotatable bonds is 10. The van der Waals surface area contributed by atoms with Crippen LogP contribution in [-0.4, -0.2) is 41.2 Å². The van der Waals surface area contributed by atoms with E-state index in [4.69, 9.17) is 10.2 Å². The number of carbonyl (C=O) groups is 2. The molecule has 0 radical (unpaired) electrons. The number of unbranched alkanes of at least 4 members (excludes halogenated alkanes) is 1. The zero-order chi connectivity index (χ0) is 15.1. The summed E-state index contributed by atoms with van der Waals surface area (Å²) in [4.78, 5) is 21.9. The summed E-state index contributed by atoms with van der Waals surface area (Å²) in [5, 5.41) is 20.4. The van der Waals surface area contributed by atoms with E-state index in [1.807, 2.05) is 13.8 Å². The maximum atomic E-state index is 11.3.